The van der Waals surface area contributed by atoms with Gasteiger partial charge in [-0.15, -0.1) is 0 Å². The Morgan fingerprint density at radius 2 is 1.38 bits per heavy atom. The fourth-order valence-electron chi connectivity index (χ4n) is 5.40. The summed E-state index contributed by atoms with van der Waals surface area (Å²) in [5.74, 6) is 1.52. The van der Waals surface area contributed by atoms with Gasteiger partial charge in [0, 0.05) is 8.80 Å². The highest BCUT2D eigenvalue weighted by molar-refractivity contribution is 6.59. The number of ether oxygens (including phenoxy) is 1. The van der Waals surface area contributed by atoms with Crippen LogP contribution in [0.3, 0.4) is 0 Å². The topological polar surface area (TPSA) is 9.23 Å². The van der Waals surface area contributed by atoms with Gasteiger partial charge in [-0.25, -0.2) is 4.39 Å². The Bertz CT molecular complexity index is 780. The van der Waals surface area contributed by atoms with Crippen molar-refractivity contribution in [3.63, 3.8) is 0 Å². The number of benzene rings is 2. The molecular weight excluding hydrogens is 435 g/mol. The first-order valence-corrected chi connectivity index (χ1v) is 16.6. The summed E-state index contributed by atoms with van der Waals surface area (Å²) < 4.78 is 19.6. The van der Waals surface area contributed by atoms with Gasteiger partial charge in [0.15, 0.2) is 0 Å². The molecular formula is C31H47FOSi. The molecule has 0 N–H and O–H groups in total. The fourth-order valence-corrected chi connectivity index (χ4v) is 8.88. The molecule has 2 aromatic rings. The first-order chi connectivity index (χ1) is 16.7. The first-order valence-electron chi connectivity index (χ1n) is 14.2. The van der Waals surface area contributed by atoms with Gasteiger partial charge in [0.05, 0.1) is 0 Å². The van der Waals surface area contributed by atoms with Crippen LogP contribution in [0.15, 0.2) is 48.5 Å². The maximum Gasteiger partial charge on any atom is 0.134 e. The van der Waals surface area contributed by atoms with Gasteiger partial charge in [-0.1, -0.05) is 120 Å². The molecule has 0 bridgehead atoms. The fraction of sp³-hybridized carbons (Fsp3) is 0.613. The average molecular weight is 483 g/mol. The van der Waals surface area contributed by atoms with Gasteiger partial charge < -0.3 is 4.74 Å². The SMILES string of the molecule is CCCCCCC[SiH]1CCC(c2ccc(-c3ccc(OC[C@H](F)CCCCC)cc3)cc2)CC1. The van der Waals surface area contributed by atoms with Crippen molar-refractivity contribution >= 4 is 8.80 Å². The Kier molecular flexibility index (Phi) is 12.2. The molecule has 1 aliphatic heterocycles. The van der Waals surface area contributed by atoms with Gasteiger partial charge in [0.1, 0.15) is 18.5 Å². The van der Waals surface area contributed by atoms with Crippen LogP contribution in [0.5, 0.6) is 5.75 Å². The van der Waals surface area contributed by atoms with Crippen molar-refractivity contribution < 1.29 is 9.13 Å². The molecule has 3 heteroatoms. The van der Waals surface area contributed by atoms with Crippen molar-refractivity contribution in [3.8, 4) is 16.9 Å². The van der Waals surface area contributed by atoms with Crippen molar-refractivity contribution in [2.24, 2.45) is 0 Å². The number of halogens is 1. The lowest BCUT2D eigenvalue weighted by atomic mass is 9.92. The van der Waals surface area contributed by atoms with Gasteiger partial charge in [-0.05, 0) is 54.0 Å². The van der Waals surface area contributed by atoms with E-state index in [2.05, 4.69) is 50.2 Å². The summed E-state index contributed by atoms with van der Waals surface area (Å²) in [5.41, 5.74) is 3.96. The van der Waals surface area contributed by atoms with Crippen LogP contribution in [-0.2, 0) is 0 Å². The number of rotatable bonds is 15. The molecule has 1 nitrogen and oxygen atoms in total. The van der Waals surface area contributed by atoms with Gasteiger partial charge >= 0.3 is 0 Å². The van der Waals surface area contributed by atoms with E-state index in [9.17, 15) is 4.39 Å². The molecule has 0 spiro atoms. The second-order valence-electron chi connectivity index (χ2n) is 10.5. The van der Waals surface area contributed by atoms with E-state index in [1.54, 1.807) is 18.1 Å². The van der Waals surface area contributed by atoms with E-state index in [-0.39, 0.29) is 6.61 Å². The molecule has 3 rings (SSSR count). The van der Waals surface area contributed by atoms with Gasteiger partial charge in [-0.3, -0.25) is 0 Å². The number of unbranched alkanes of at least 4 members (excludes halogenated alkanes) is 6. The van der Waals surface area contributed by atoms with Crippen LogP contribution >= 0.6 is 0 Å². The lowest BCUT2D eigenvalue weighted by Crippen LogP contribution is -2.20. The molecule has 1 atom stereocenters. The van der Waals surface area contributed by atoms with Crippen LogP contribution in [0.2, 0.25) is 18.1 Å². The Balaban J connectivity index is 1.41. The van der Waals surface area contributed by atoms with Crippen LogP contribution < -0.4 is 4.74 Å². The predicted octanol–water partition coefficient (Wildman–Crippen LogP) is 9.73. The summed E-state index contributed by atoms with van der Waals surface area (Å²) in [6, 6.07) is 22.0. The van der Waals surface area contributed by atoms with Gasteiger partial charge in [0.2, 0.25) is 0 Å². The molecule has 0 radical (unpaired) electrons. The van der Waals surface area contributed by atoms with Crippen LogP contribution in [0.25, 0.3) is 11.1 Å². The normalized spacial score (nSPS) is 19.1. The summed E-state index contributed by atoms with van der Waals surface area (Å²) in [7, 11) is -0.459. The van der Waals surface area contributed by atoms with Crippen molar-refractivity contribution in [3.05, 3.63) is 54.1 Å². The van der Waals surface area contributed by atoms with Crippen molar-refractivity contribution in [1.82, 2.24) is 0 Å². The molecule has 34 heavy (non-hydrogen) atoms. The van der Waals surface area contributed by atoms with Crippen LogP contribution in [0.4, 0.5) is 4.39 Å². The molecule has 1 aliphatic rings. The van der Waals surface area contributed by atoms with Crippen molar-refractivity contribution in [1.29, 1.82) is 0 Å². The van der Waals surface area contributed by atoms with Crippen molar-refractivity contribution in [2.45, 2.75) is 115 Å². The van der Waals surface area contributed by atoms with Crippen LogP contribution in [0, 0.1) is 0 Å². The third kappa shape index (κ3) is 9.21. The zero-order valence-electron chi connectivity index (χ0n) is 21.7. The quantitative estimate of drug-likeness (QED) is 0.181. The summed E-state index contributed by atoms with van der Waals surface area (Å²) >= 11 is 0. The zero-order chi connectivity index (χ0) is 24.0. The molecule has 0 unspecified atom stereocenters. The minimum atomic E-state index is -0.873. The summed E-state index contributed by atoms with van der Waals surface area (Å²) in [5, 5.41) is 0. The Morgan fingerprint density at radius 3 is 2.03 bits per heavy atom. The van der Waals surface area contributed by atoms with E-state index < -0.39 is 15.0 Å². The molecule has 1 saturated heterocycles. The highest BCUT2D eigenvalue weighted by Crippen LogP contribution is 2.36. The molecule has 0 saturated carbocycles. The average Bonchev–Trinajstić information content (AvgIpc) is 2.88. The predicted molar refractivity (Wildman–Crippen MR) is 149 cm³/mol. The zero-order valence-corrected chi connectivity index (χ0v) is 22.9. The van der Waals surface area contributed by atoms with Crippen LogP contribution in [-0.4, -0.2) is 21.6 Å². The first kappa shape index (κ1) is 27.0. The summed E-state index contributed by atoms with van der Waals surface area (Å²) in [6.45, 7) is 4.60. The lowest BCUT2D eigenvalue weighted by Gasteiger charge is -2.28. The second kappa shape index (κ2) is 15.4. The molecule has 1 fully saturated rings. The Labute approximate surface area is 210 Å². The van der Waals surface area contributed by atoms with Gasteiger partial charge in [-0.2, -0.15) is 0 Å². The molecule has 188 valence electrons. The molecule has 0 aromatic heterocycles. The molecule has 2 aromatic carbocycles. The van der Waals surface area contributed by atoms with Crippen LogP contribution in [0.1, 0.15) is 96.0 Å². The summed E-state index contributed by atoms with van der Waals surface area (Å²) in [6.07, 6.45) is 12.9. The van der Waals surface area contributed by atoms with E-state index in [4.69, 9.17) is 4.74 Å². The van der Waals surface area contributed by atoms with E-state index >= 15 is 0 Å². The third-order valence-electron chi connectivity index (χ3n) is 7.68. The Hall–Kier alpha value is -1.61. The third-order valence-corrected chi connectivity index (χ3v) is 11.2. The highest BCUT2D eigenvalue weighted by Gasteiger charge is 2.23. The largest absolute Gasteiger partial charge is 0.491 e. The maximum absolute atomic E-state index is 13.9. The van der Waals surface area contributed by atoms with E-state index in [1.165, 1.54) is 61.6 Å². The summed E-state index contributed by atoms with van der Waals surface area (Å²) in [4.78, 5) is 0. The minimum absolute atomic E-state index is 0.154. The van der Waals surface area contributed by atoms with Gasteiger partial charge in [0.25, 0.3) is 0 Å². The second-order valence-corrected chi connectivity index (χ2v) is 13.9. The lowest BCUT2D eigenvalue weighted by molar-refractivity contribution is 0.184. The molecule has 0 amide bonds. The van der Waals surface area contributed by atoms with E-state index in [0.717, 1.165) is 30.9 Å². The maximum atomic E-state index is 13.9. The monoisotopic (exact) mass is 482 g/mol. The van der Waals surface area contributed by atoms with E-state index in [1.807, 2.05) is 12.1 Å². The molecule has 0 aliphatic carbocycles. The van der Waals surface area contributed by atoms with E-state index in [0.29, 0.717) is 6.42 Å². The number of hydrogen-bond acceptors (Lipinski definition) is 1. The number of alkyl halides is 1. The Morgan fingerprint density at radius 1 is 0.794 bits per heavy atom. The minimum Gasteiger partial charge on any atom is -0.491 e. The standard InChI is InChI=1S/C31H47FOSi/c1-3-5-7-8-10-22-34-23-20-29(21-24-34)27-14-12-26(13-15-27)28-16-18-31(19-17-28)33-25-30(32)11-9-6-4-2/h12-19,29-30,34H,3-11,20-25H2,1-2H3/t29?,30-,34?/m1/s1. The highest BCUT2D eigenvalue weighted by atomic mass is 28.3. The molecule has 1 heterocycles. The van der Waals surface area contributed by atoms with Crippen molar-refractivity contribution in [2.75, 3.05) is 6.61 Å². The number of hydrogen-bond donors (Lipinski definition) is 0. The smallest absolute Gasteiger partial charge is 0.134 e.